The molecule has 104 valence electrons. The molecule has 2 aromatic carbocycles. The van der Waals surface area contributed by atoms with E-state index in [1.807, 2.05) is 11.6 Å². The van der Waals surface area contributed by atoms with Gasteiger partial charge in [-0.05, 0) is 34.4 Å². The van der Waals surface area contributed by atoms with Gasteiger partial charge >= 0.3 is 0 Å². The van der Waals surface area contributed by atoms with E-state index in [2.05, 4.69) is 66.6 Å². The minimum atomic E-state index is 0.0481. The molecule has 21 heavy (non-hydrogen) atoms. The lowest BCUT2D eigenvalue weighted by Crippen LogP contribution is -2.15. The van der Waals surface area contributed by atoms with Crippen molar-refractivity contribution < 1.29 is 0 Å². The lowest BCUT2D eigenvalue weighted by molar-refractivity contribution is 0.660. The van der Waals surface area contributed by atoms with E-state index >= 15 is 0 Å². The molecule has 1 heterocycles. The van der Waals surface area contributed by atoms with Crippen molar-refractivity contribution in [2.75, 3.05) is 5.32 Å². The lowest BCUT2D eigenvalue weighted by atomic mass is 9.82. The third kappa shape index (κ3) is 1.88. The maximum absolute atomic E-state index is 4.29. The van der Waals surface area contributed by atoms with Crippen LogP contribution in [0, 0.1) is 0 Å². The normalized spacial score (nSPS) is 14.6. The highest BCUT2D eigenvalue weighted by Crippen LogP contribution is 2.49. The molecular weight excluding hydrogens is 276 g/mol. The molecule has 0 spiro atoms. The molecular formula is C18H16N2S. The van der Waals surface area contributed by atoms with E-state index in [9.17, 15) is 0 Å². The topological polar surface area (TPSA) is 24.9 Å². The molecule has 0 saturated heterocycles. The highest BCUT2D eigenvalue weighted by molar-refractivity contribution is 7.13. The van der Waals surface area contributed by atoms with Gasteiger partial charge in [-0.25, -0.2) is 4.98 Å². The molecule has 4 rings (SSSR count). The molecule has 0 aliphatic heterocycles. The summed E-state index contributed by atoms with van der Waals surface area (Å²) in [5.41, 5.74) is 6.65. The monoisotopic (exact) mass is 292 g/mol. The number of aromatic nitrogens is 1. The summed E-state index contributed by atoms with van der Waals surface area (Å²) in [6.45, 7) is 4.59. The number of hydrogen-bond donors (Lipinski definition) is 1. The Morgan fingerprint density at radius 3 is 2.62 bits per heavy atom. The van der Waals surface area contributed by atoms with Gasteiger partial charge in [-0.1, -0.05) is 44.2 Å². The molecule has 0 unspecified atom stereocenters. The van der Waals surface area contributed by atoms with Gasteiger partial charge < -0.3 is 5.32 Å². The lowest BCUT2D eigenvalue weighted by Gasteiger charge is -2.21. The van der Waals surface area contributed by atoms with E-state index in [0.717, 1.165) is 10.8 Å². The van der Waals surface area contributed by atoms with E-state index in [-0.39, 0.29) is 5.41 Å². The van der Waals surface area contributed by atoms with E-state index in [0.29, 0.717) is 0 Å². The summed E-state index contributed by atoms with van der Waals surface area (Å²) in [4.78, 5) is 4.29. The van der Waals surface area contributed by atoms with Crippen LogP contribution in [0.15, 0.2) is 54.0 Å². The number of fused-ring (bicyclic) bond motifs is 3. The minimum absolute atomic E-state index is 0.0481. The molecule has 1 aliphatic carbocycles. The Bertz CT molecular complexity index is 804. The summed E-state index contributed by atoms with van der Waals surface area (Å²) >= 11 is 1.62. The van der Waals surface area contributed by atoms with Gasteiger partial charge in [-0.2, -0.15) is 0 Å². The fraction of sp³-hybridized carbons (Fsp3) is 0.167. The summed E-state index contributed by atoms with van der Waals surface area (Å²) in [6, 6.07) is 15.3. The van der Waals surface area contributed by atoms with Gasteiger partial charge in [-0.3, -0.25) is 0 Å². The molecule has 0 bridgehead atoms. The molecule has 3 heteroatoms. The first-order valence-electron chi connectivity index (χ1n) is 7.07. The number of nitrogens with zero attached hydrogens (tertiary/aromatic N) is 1. The van der Waals surface area contributed by atoms with Crippen molar-refractivity contribution in [3.63, 3.8) is 0 Å². The summed E-state index contributed by atoms with van der Waals surface area (Å²) in [6.07, 6.45) is 1.82. The molecule has 0 radical (unpaired) electrons. The second-order valence-electron chi connectivity index (χ2n) is 5.89. The molecule has 2 nitrogen and oxygen atoms in total. The van der Waals surface area contributed by atoms with Gasteiger partial charge in [0.25, 0.3) is 0 Å². The zero-order chi connectivity index (χ0) is 14.4. The second kappa shape index (κ2) is 4.43. The Balaban J connectivity index is 1.82. The van der Waals surface area contributed by atoms with E-state index in [1.54, 1.807) is 11.3 Å². The Morgan fingerprint density at radius 2 is 1.81 bits per heavy atom. The predicted molar refractivity (Wildman–Crippen MR) is 89.4 cm³/mol. The van der Waals surface area contributed by atoms with Crippen molar-refractivity contribution in [2.45, 2.75) is 19.3 Å². The number of benzene rings is 2. The van der Waals surface area contributed by atoms with Crippen molar-refractivity contribution in [3.05, 3.63) is 65.2 Å². The SMILES string of the molecule is CC1(C)c2ccccc2-c2ccc(Nc3nccs3)cc21. The van der Waals surface area contributed by atoms with Gasteiger partial charge in [0.15, 0.2) is 5.13 Å². The van der Waals surface area contributed by atoms with Crippen LogP contribution in [0.2, 0.25) is 0 Å². The van der Waals surface area contributed by atoms with Crippen molar-refractivity contribution in [2.24, 2.45) is 0 Å². The molecule has 1 aliphatic rings. The highest BCUT2D eigenvalue weighted by atomic mass is 32.1. The van der Waals surface area contributed by atoms with E-state index in [4.69, 9.17) is 0 Å². The van der Waals surface area contributed by atoms with Crippen LogP contribution >= 0.6 is 11.3 Å². The minimum Gasteiger partial charge on any atom is -0.332 e. The summed E-state index contributed by atoms with van der Waals surface area (Å²) in [5, 5.41) is 6.30. The maximum atomic E-state index is 4.29. The smallest absolute Gasteiger partial charge is 0.187 e. The largest absolute Gasteiger partial charge is 0.332 e. The summed E-state index contributed by atoms with van der Waals surface area (Å²) in [5.74, 6) is 0. The van der Waals surface area contributed by atoms with Gasteiger partial charge in [0.05, 0.1) is 0 Å². The fourth-order valence-corrected chi connectivity index (χ4v) is 3.74. The zero-order valence-electron chi connectivity index (χ0n) is 12.1. The van der Waals surface area contributed by atoms with Crippen molar-refractivity contribution in [3.8, 4) is 11.1 Å². The average Bonchev–Trinajstić information content (AvgIpc) is 3.07. The Hall–Kier alpha value is -2.13. The van der Waals surface area contributed by atoms with Crippen molar-refractivity contribution >= 4 is 22.2 Å². The van der Waals surface area contributed by atoms with Crippen LogP contribution in [0.5, 0.6) is 0 Å². The van der Waals surface area contributed by atoms with Crippen LogP contribution in [0.3, 0.4) is 0 Å². The van der Waals surface area contributed by atoms with Gasteiger partial charge in [0.2, 0.25) is 0 Å². The quantitative estimate of drug-likeness (QED) is 0.703. The van der Waals surface area contributed by atoms with Crippen LogP contribution in [-0.2, 0) is 5.41 Å². The van der Waals surface area contributed by atoms with E-state index < -0.39 is 0 Å². The highest BCUT2D eigenvalue weighted by Gasteiger charge is 2.35. The first-order valence-corrected chi connectivity index (χ1v) is 7.95. The standard InChI is InChI=1S/C18H16N2S/c1-18(2)15-6-4-3-5-13(15)14-8-7-12(11-16(14)18)20-17-19-9-10-21-17/h3-11H,1-2H3,(H,19,20). The number of hydrogen-bond acceptors (Lipinski definition) is 3. The summed E-state index contributed by atoms with van der Waals surface area (Å²) < 4.78 is 0. The Labute approximate surface area is 128 Å². The van der Waals surface area contributed by atoms with Crippen LogP contribution in [-0.4, -0.2) is 4.98 Å². The first kappa shape index (κ1) is 12.6. The third-order valence-electron chi connectivity index (χ3n) is 4.27. The van der Waals surface area contributed by atoms with Gasteiger partial charge in [0.1, 0.15) is 0 Å². The van der Waals surface area contributed by atoms with Gasteiger partial charge in [0, 0.05) is 22.7 Å². The number of rotatable bonds is 2. The second-order valence-corrected chi connectivity index (χ2v) is 6.79. The number of thiazole rings is 1. The third-order valence-corrected chi connectivity index (χ3v) is 4.96. The van der Waals surface area contributed by atoms with Crippen LogP contribution in [0.25, 0.3) is 11.1 Å². The first-order chi connectivity index (χ1) is 10.2. The Morgan fingerprint density at radius 1 is 1.00 bits per heavy atom. The molecule has 3 aromatic rings. The predicted octanol–water partition coefficient (Wildman–Crippen LogP) is 5.19. The molecule has 1 N–H and O–H groups in total. The molecule has 1 aromatic heterocycles. The van der Waals surface area contributed by atoms with Crippen LogP contribution < -0.4 is 5.32 Å². The van der Waals surface area contributed by atoms with Crippen molar-refractivity contribution in [1.82, 2.24) is 4.98 Å². The van der Waals surface area contributed by atoms with Crippen LogP contribution in [0.1, 0.15) is 25.0 Å². The van der Waals surface area contributed by atoms with Crippen LogP contribution in [0.4, 0.5) is 10.8 Å². The molecule has 0 amide bonds. The fourth-order valence-electron chi connectivity index (χ4n) is 3.19. The Kier molecular flexibility index (Phi) is 2.66. The number of anilines is 2. The molecule has 0 saturated carbocycles. The molecule has 0 fully saturated rings. The average molecular weight is 292 g/mol. The maximum Gasteiger partial charge on any atom is 0.187 e. The zero-order valence-corrected chi connectivity index (χ0v) is 12.9. The van der Waals surface area contributed by atoms with Gasteiger partial charge in [-0.15, -0.1) is 11.3 Å². The van der Waals surface area contributed by atoms with Crippen molar-refractivity contribution in [1.29, 1.82) is 0 Å². The molecule has 0 atom stereocenters. The van der Waals surface area contributed by atoms with E-state index in [1.165, 1.54) is 22.3 Å². The summed E-state index contributed by atoms with van der Waals surface area (Å²) in [7, 11) is 0. The number of nitrogens with one attached hydrogen (secondary N) is 1.